The van der Waals surface area contributed by atoms with Gasteiger partial charge in [0.2, 0.25) is 0 Å². The third-order valence-electron chi connectivity index (χ3n) is 4.50. The van der Waals surface area contributed by atoms with E-state index in [0.29, 0.717) is 5.56 Å². The molecule has 0 radical (unpaired) electrons. The highest BCUT2D eigenvalue weighted by Gasteiger charge is 2.28. The lowest BCUT2D eigenvalue weighted by atomic mass is 10.1. The number of hydrogen-bond acceptors (Lipinski definition) is 1. The highest BCUT2D eigenvalue weighted by atomic mass is 15.2. The molecule has 3 nitrogen and oxygen atoms in total. The molecule has 3 heteroatoms. The van der Waals surface area contributed by atoms with E-state index in [4.69, 9.17) is 5.26 Å². The van der Waals surface area contributed by atoms with E-state index >= 15 is 0 Å². The number of benzene rings is 2. The molecule has 0 spiro atoms. The van der Waals surface area contributed by atoms with Crippen molar-refractivity contribution < 1.29 is 4.57 Å². The average molecular weight is 300 g/mol. The Balaban J connectivity index is 1.71. The van der Waals surface area contributed by atoms with Crippen LogP contribution in [0.4, 0.5) is 0 Å². The molecule has 0 aliphatic carbocycles. The van der Waals surface area contributed by atoms with Gasteiger partial charge in [-0.3, -0.25) is 0 Å². The summed E-state index contributed by atoms with van der Waals surface area (Å²) in [5.41, 5.74) is 4.51. The SMILES string of the molecule is N#Cc1ccc(C[n+]2cc(-c3ccccc3)n3c2CCC3)cc1. The summed E-state index contributed by atoms with van der Waals surface area (Å²) in [7, 11) is 0. The fourth-order valence-electron chi connectivity index (χ4n) is 3.37. The van der Waals surface area contributed by atoms with Crippen molar-refractivity contribution in [2.75, 3.05) is 0 Å². The van der Waals surface area contributed by atoms with E-state index in [0.717, 1.165) is 19.5 Å². The van der Waals surface area contributed by atoms with Gasteiger partial charge in [-0.15, -0.1) is 0 Å². The number of rotatable bonds is 3. The van der Waals surface area contributed by atoms with Crippen molar-refractivity contribution in [2.45, 2.75) is 25.9 Å². The summed E-state index contributed by atoms with van der Waals surface area (Å²) in [6, 6.07) is 20.6. The molecule has 0 bridgehead atoms. The molecule has 0 amide bonds. The van der Waals surface area contributed by atoms with Gasteiger partial charge in [-0.2, -0.15) is 5.26 Å². The quantitative estimate of drug-likeness (QED) is 0.683. The second kappa shape index (κ2) is 5.73. The van der Waals surface area contributed by atoms with Crippen LogP contribution in [0.1, 0.15) is 23.4 Å². The second-order valence-electron chi connectivity index (χ2n) is 5.99. The Labute approximate surface area is 136 Å². The fourth-order valence-corrected chi connectivity index (χ4v) is 3.37. The Hall–Kier alpha value is -2.86. The lowest BCUT2D eigenvalue weighted by Crippen LogP contribution is -2.36. The Kier molecular flexibility index (Phi) is 3.44. The van der Waals surface area contributed by atoms with Crippen LogP contribution < -0.4 is 4.57 Å². The number of fused-ring (bicyclic) bond motifs is 1. The smallest absolute Gasteiger partial charge is 0.229 e. The first-order valence-electron chi connectivity index (χ1n) is 8.01. The first-order chi connectivity index (χ1) is 11.3. The molecular formula is C20H18N3+. The molecule has 0 atom stereocenters. The minimum Gasteiger partial charge on any atom is -0.229 e. The molecule has 112 valence electrons. The van der Waals surface area contributed by atoms with E-state index in [-0.39, 0.29) is 0 Å². The summed E-state index contributed by atoms with van der Waals surface area (Å²) in [6.45, 7) is 1.95. The summed E-state index contributed by atoms with van der Waals surface area (Å²) in [5.74, 6) is 1.40. The van der Waals surface area contributed by atoms with Gasteiger partial charge in [0.1, 0.15) is 12.7 Å². The van der Waals surface area contributed by atoms with Crippen LogP contribution in [0, 0.1) is 11.3 Å². The molecular weight excluding hydrogens is 282 g/mol. The largest absolute Gasteiger partial charge is 0.257 e. The van der Waals surface area contributed by atoms with Gasteiger partial charge in [-0.25, -0.2) is 9.13 Å². The standard InChI is InChI=1S/C20H18N3/c21-13-16-8-10-17(11-9-16)14-22-15-19(18-5-2-1-3-6-18)23-12-4-7-20(22)23/h1-3,5-6,8-11,15H,4,7,12,14H2/q+1. The van der Waals surface area contributed by atoms with Crippen molar-refractivity contribution in [3.63, 3.8) is 0 Å². The summed E-state index contributed by atoms with van der Waals surface area (Å²) in [5, 5.41) is 8.92. The molecule has 3 aromatic rings. The van der Waals surface area contributed by atoms with Crippen LogP contribution in [0.5, 0.6) is 0 Å². The van der Waals surface area contributed by atoms with E-state index in [2.05, 4.69) is 51.7 Å². The van der Waals surface area contributed by atoms with Crippen molar-refractivity contribution in [3.8, 4) is 17.3 Å². The lowest BCUT2D eigenvalue weighted by Gasteiger charge is -2.00. The Morgan fingerprint density at radius 1 is 1.04 bits per heavy atom. The summed E-state index contributed by atoms with van der Waals surface area (Å²) >= 11 is 0. The topological polar surface area (TPSA) is 32.6 Å². The van der Waals surface area contributed by atoms with E-state index in [1.165, 1.54) is 29.1 Å². The summed E-state index contributed by atoms with van der Waals surface area (Å²) in [4.78, 5) is 0. The molecule has 4 rings (SSSR count). The summed E-state index contributed by atoms with van der Waals surface area (Å²) < 4.78 is 4.80. The van der Waals surface area contributed by atoms with E-state index in [9.17, 15) is 0 Å². The van der Waals surface area contributed by atoms with Crippen molar-refractivity contribution in [2.24, 2.45) is 0 Å². The highest BCUT2D eigenvalue weighted by molar-refractivity contribution is 5.58. The average Bonchev–Trinajstić information content (AvgIpc) is 3.20. The number of hydrogen-bond donors (Lipinski definition) is 0. The molecule has 23 heavy (non-hydrogen) atoms. The molecule has 0 fully saturated rings. The zero-order valence-electron chi connectivity index (χ0n) is 12.9. The predicted octanol–water partition coefficient (Wildman–Crippen LogP) is 3.31. The highest BCUT2D eigenvalue weighted by Crippen LogP contribution is 2.24. The van der Waals surface area contributed by atoms with Gasteiger partial charge >= 0.3 is 0 Å². The number of nitriles is 1. The predicted molar refractivity (Wildman–Crippen MR) is 88.6 cm³/mol. The molecule has 0 unspecified atom stereocenters. The van der Waals surface area contributed by atoms with Gasteiger partial charge in [0.25, 0.3) is 5.82 Å². The van der Waals surface area contributed by atoms with Crippen LogP contribution in [-0.4, -0.2) is 4.57 Å². The number of nitrogens with zero attached hydrogens (tertiary/aromatic N) is 3. The first-order valence-corrected chi connectivity index (χ1v) is 8.01. The van der Waals surface area contributed by atoms with Crippen molar-refractivity contribution in [1.82, 2.24) is 4.57 Å². The first kappa shape index (κ1) is 13.8. The zero-order chi connectivity index (χ0) is 15.6. The van der Waals surface area contributed by atoms with Crippen LogP contribution in [0.15, 0.2) is 60.8 Å². The molecule has 0 saturated carbocycles. The number of aromatic nitrogens is 2. The van der Waals surface area contributed by atoms with Crippen LogP contribution in [0.3, 0.4) is 0 Å². The minimum absolute atomic E-state index is 0.714. The molecule has 2 heterocycles. The Morgan fingerprint density at radius 2 is 1.83 bits per heavy atom. The van der Waals surface area contributed by atoms with Gasteiger partial charge < -0.3 is 0 Å². The molecule has 0 N–H and O–H groups in total. The summed E-state index contributed by atoms with van der Waals surface area (Å²) in [6.07, 6.45) is 4.61. The van der Waals surface area contributed by atoms with Crippen LogP contribution in [0.25, 0.3) is 11.3 Å². The number of imidazole rings is 1. The van der Waals surface area contributed by atoms with Gasteiger partial charge in [0.15, 0.2) is 5.69 Å². The van der Waals surface area contributed by atoms with E-state index in [1.54, 1.807) is 0 Å². The van der Waals surface area contributed by atoms with Crippen LogP contribution >= 0.6 is 0 Å². The molecule has 2 aromatic carbocycles. The normalized spacial score (nSPS) is 12.8. The molecule has 0 saturated heterocycles. The fraction of sp³-hybridized carbons (Fsp3) is 0.200. The third-order valence-corrected chi connectivity index (χ3v) is 4.50. The second-order valence-corrected chi connectivity index (χ2v) is 5.99. The van der Waals surface area contributed by atoms with Crippen molar-refractivity contribution in [3.05, 3.63) is 77.7 Å². The Morgan fingerprint density at radius 3 is 2.57 bits per heavy atom. The van der Waals surface area contributed by atoms with Crippen molar-refractivity contribution >= 4 is 0 Å². The van der Waals surface area contributed by atoms with Gasteiger partial charge in [-0.1, -0.05) is 42.5 Å². The zero-order valence-corrected chi connectivity index (χ0v) is 12.9. The van der Waals surface area contributed by atoms with E-state index < -0.39 is 0 Å². The Bertz CT molecular complexity index is 868. The lowest BCUT2D eigenvalue weighted by molar-refractivity contribution is -0.694. The molecule has 1 aliphatic rings. The molecule has 1 aromatic heterocycles. The van der Waals surface area contributed by atoms with E-state index in [1.807, 2.05) is 24.3 Å². The monoisotopic (exact) mass is 300 g/mol. The van der Waals surface area contributed by atoms with Crippen LogP contribution in [0.2, 0.25) is 0 Å². The van der Waals surface area contributed by atoms with Crippen LogP contribution in [-0.2, 0) is 19.5 Å². The van der Waals surface area contributed by atoms with Gasteiger partial charge in [0.05, 0.1) is 24.6 Å². The molecule has 1 aliphatic heterocycles. The van der Waals surface area contributed by atoms with Gasteiger partial charge in [-0.05, 0) is 24.1 Å². The van der Waals surface area contributed by atoms with Gasteiger partial charge in [0, 0.05) is 5.56 Å². The van der Waals surface area contributed by atoms with Crippen molar-refractivity contribution in [1.29, 1.82) is 5.26 Å². The maximum Gasteiger partial charge on any atom is 0.257 e. The minimum atomic E-state index is 0.714. The maximum absolute atomic E-state index is 8.92. The maximum atomic E-state index is 8.92. The third kappa shape index (κ3) is 2.53.